The molecule has 1 N–H and O–H groups in total. The second kappa shape index (κ2) is 8.81. The van der Waals surface area contributed by atoms with Gasteiger partial charge in [-0.1, -0.05) is 19.9 Å². The summed E-state index contributed by atoms with van der Waals surface area (Å²) in [5, 5.41) is 3.08. The molecule has 2 aliphatic heterocycles. The molecule has 0 radical (unpaired) electrons. The number of benzene rings is 1. The van der Waals surface area contributed by atoms with Crippen molar-refractivity contribution >= 4 is 11.6 Å². The molecule has 30 heavy (non-hydrogen) atoms. The second-order valence-electron chi connectivity index (χ2n) is 9.69. The maximum Gasteiger partial charge on any atom is 0.248 e. The number of ether oxygens (including phenoxy) is 1. The van der Waals surface area contributed by atoms with Crippen LogP contribution in [0.2, 0.25) is 0 Å². The fourth-order valence-corrected chi connectivity index (χ4v) is 5.32. The van der Waals surface area contributed by atoms with Crippen molar-refractivity contribution in [2.75, 3.05) is 25.0 Å². The Hall–Kier alpha value is -1.69. The van der Waals surface area contributed by atoms with Crippen LogP contribution >= 0.6 is 0 Å². The fraction of sp³-hybridized carbons (Fsp3) is 0.708. The summed E-state index contributed by atoms with van der Waals surface area (Å²) in [6, 6.07) is 6.30. The Morgan fingerprint density at radius 2 is 1.90 bits per heavy atom. The van der Waals surface area contributed by atoms with Crippen LogP contribution in [0.25, 0.3) is 0 Å². The number of nitrogens with one attached hydrogen (secondary N) is 1. The third kappa shape index (κ3) is 4.96. The van der Waals surface area contributed by atoms with Crippen LogP contribution < -0.4 is 10.1 Å². The predicted octanol–water partition coefficient (Wildman–Crippen LogP) is 5.44. The van der Waals surface area contributed by atoms with Gasteiger partial charge in [0.15, 0.2) is 0 Å². The molecule has 0 spiro atoms. The van der Waals surface area contributed by atoms with E-state index in [1.807, 2.05) is 12.1 Å². The lowest BCUT2D eigenvalue weighted by Gasteiger charge is -2.44. The van der Waals surface area contributed by atoms with Crippen molar-refractivity contribution in [1.29, 1.82) is 0 Å². The Labute approximate surface area is 178 Å². The van der Waals surface area contributed by atoms with E-state index >= 15 is 0 Å². The van der Waals surface area contributed by atoms with Gasteiger partial charge in [0.1, 0.15) is 5.75 Å². The molecule has 1 aromatic carbocycles. The van der Waals surface area contributed by atoms with Gasteiger partial charge in [-0.05, 0) is 67.7 Å². The Kier molecular flexibility index (Phi) is 6.33. The third-order valence-corrected chi connectivity index (χ3v) is 7.26. The van der Waals surface area contributed by atoms with Crippen LogP contribution in [0.1, 0.15) is 70.3 Å². The molecule has 166 valence electrons. The van der Waals surface area contributed by atoms with E-state index in [0.717, 1.165) is 37.4 Å². The quantitative estimate of drug-likeness (QED) is 0.693. The first kappa shape index (κ1) is 21.5. The van der Waals surface area contributed by atoms with Crippen LogP contribution in [0.5, 0.6) is 5.75 Å². The van der Waals surface area contributed by atoms with E-state index in [1.165, 1.54) is 5.56 Å². The van der Waals surface area contributed by atoms with E-state index in [-0.39, 0.29) is 24.8 Å². The van der Waals surface area contributed by atoms with Crippen molar-refractivity contribution in [1.82, 2.24) is 4.90 Å². The first-order valence-corrected chi connectivity index (χ1v) is 11.5. The molecule has 1 aromatic rings. The van der Waals surface area contributed by atoms with Gasteiger partial charge in [-0.3, -0.25) is 4.79 Å². The average Bonchev–Trinajstić information content (AvgIpc) is 2.70. The van der Waals surface area contributed by atoms with Crippen LogP contribution in [-0.2, 0) is 4.79 Å². The third-order valence-electron chi connectivity index (χ3n) is 7.26. The SMILES string of the molecule is CC(C)c1ccc2c(c1)NC(=O)C[C@@H]1CCN(C3CCC(F)(F)CC3)C[C@@H]1CCO2. The number of nitrogens with zero attached hydrogens (tertiary/aromatic N) is 1. The van der Waals surface area contributed by atoms with Crippen LogP contribution in [0, 0.1) is 11.8 Å². The lowest BCUT2D eigenvalue weighted by Crippen LogP contribution is -2.49. The minimum atomic E-state index is -2.49. The predicted molar refractivity (Wildman–Crippen MR) is 114 cm³/mol. The molecule has 2 heterocycles. The summed E-state index contributed by atoms with van der Waals surface area (Å²) in [6.45, 7) is 6.67. The molecule has 1 saturated heterocycles. The molecule has 2 fully saturated rings. The maximum atomic E-state index is 13.5. The molecule has 4 rings (SSSR count). The van der Waals surface area contributed by atoms with Gasteiger partial charge in [-0.25, -0.2) is 8.78 Å². The molecular weight excluding hydrogens is 386 g/mol. The van der Waals surface area contributed by atoms with Crippen LogP contribution in [0.4, 0.5) is 14.5 Å². The van der Waals surface area contributed by atoms with Gasteiger partial charge in [-0.2, -0.15) is 0 Å². The number of carbonyl (C=O) groups is 1. The zero-order valence-electron chi connectivity index (χ0n) is 18.1. The van der Waals surface area contributed by atoms with E-state index in [0.29, 0.717) is 43.6 Å². The standard InChI is InChI=1S/C24H34F2N2O2/c1-16(2)17-3-4-22-21(13-17)27-23(29)14-18-7-11-28(15-19(18)8-12-30-22)20-5-9-24(25,26)10-6-20/h3-4,13,16,18-20H,5-12,14-15H2,1-2H3,(H,27,29)/t18-,19-/m0/s1. The Morgan fingerprint density at radius 1 is 1.13 bits per heavy atom. The van der Waals surface area contributed by atoms with Crippen molar-refractivity contribution < 1.29 is 18.3 Å². The first-order valence-electron chi connectivity index (χ1n) is 11.5. The fourth-order valence-electron chi connectivity index (χ4n) is 5.32. The number of carbonyl (C=O) groups excluding carboxylic acids is 1. The highest BCUT2D eigenvalue weighted by molar-refractivity contribution is 5.92. The van der Waals surface area contributed by atoms with Gasteiger partial charge in [0.2, 0.25) is 11.8 Å². The monoisotopic (exact) mass is 420 g/mol. The molecule has 6 heteroatoms. The maximum absolute atomic E-state index is 13.5. The zero-order chi connectivity index (χ0) is 21.3. The van der Waals surface area contributed by atoms with E-state index in [9.17, 15) is 13.6 Å². The number of fused-ring (bicyclic) bond motifs is 2. The number of anilines is 1. The Bertz CT molecular complexity index is 758. The summed E-state index contributed by atoms with van der Waals surface area (Å²) in [5.74, 6) is -0.638. The molecule has 0 aromatic heterocycles. The minimum Gasteiger partial charge on any atom is -0.491 e. The summed E-state index contributed by atoms with van der Waals surface area (Å²) in [4.78, 5) is 15.2. The largest absolute Gasteiger partial charge is 0.491 e. The number of rotatable bonds is 2. The van der Waals surface area contributed by atoms with E-state index in [1.54, 1.807) is 0 Å². The van der Waals surface area contributed by atoms with Gasteiger partial charge < -0.3 is 15.0 Å². The summed E-state index contributed by atoms with van der Waals surface area (Å²) >= 11 is 0. The Balaban J connectivity index is 1.43. The minimum absolute atomic E-state index is 0.00291. The summed E-state index contributed by atoms with van der Waals surface area (Å²) in [7, 11) is 0. The number of halogens is 2. The van der Waals surface area contributed by atoms with E-state index < -0.39 is 5.92 Å². The number of likely N-dealkylation sites (tertiary alicyclic amines) is 1. The zero-order valence-corrected chi connectivity index (χ0v) is 18.1. The highest BCUT2D eigenvalue weighted by atomic mass is 19.3. The number of amides is 1. The van der Waals surface area contributed by atoms with Crippen molar-refractivity contribution in [3.8, 4) is 5.75 Å². The first-order chi connectivity index (χ1) is 14.3. The highest BCUT2D eigenvalue weighted by Crippen LogP contribution is 2.39. The topological polar surface area (TPSA) is 41.6 Å². The average molecular weight is 421 g/mol. The summed E-state index contributed by atoms with van der Waals surface area (Å²) in [6.07, 6.45) is 3.52. The molecule has 4 nitrogen and oxygen atoms in total. The summed E-state index contributed by atoms with van der Waals surface area (Å²) < 4.78 is 33.2. The Morgan fingerprint density at radius 3 is 2.63 bits per heavy atom. The van der Waals surface area contributed by atoms with Crippen molar-refractivity contribution in [3.63, 3.8) is 0 Å². The molecule has 1 saturated carbocycles. The number of alkyl halides is 2. The van der Waals surface area contributed by atoms with Gasteiger partial charge in [-0.15, -0.1) is 0 Å². The van der Waals surface area contributed by atoms with Crippen LogP contribution in [0.15, 0.2) is 18.2 Å². The molecular formula is C24H34F2N2O2. The molecule has 2 atom stereocenters. The number of hydrogen-bond donors (Lipinski definition) is 1. The van der Waals surface area contributed by atoms with Crippen molar-refractivity contribution in [2.24, 2.45) is 11.8 Å². The smallest absolute Gasteiger partial charge is 0.248 e. The van der Waals surface area contributed by atoms with Gasteiger partial charge in [0, 0.05) is 31.8 Å². The number of hydrogen-bond acceptors (Lipinski definition) is 3. The van der Waals surface area contributed by atoms with Gasteiger partial charge in [0.05, 0.1) is 12.3 Å². The number of piperidine rings is 1. The molecule has 0 unspecified atom stereocenters. The molecule has 3 aliphatic rings. The highest BCUT2D eigenvalue weighted by Gasteiger charge is 2.40. The molecule has 1 aliphatic carbocycles. The van der Waals surface area contributed by atoms with Gasteiger partial charge in [0.25, 0.3) is 0 Å². The van der Waals surface area contributed by atoms with E-state index in [4.69, 9.17) is 4.74 Å². The van der Waals surface area contributed by atoms with E-state index in [2.05, 4.69) is 30.1 Å². The van der Waals surface area contributed by atoms with Crippen LogP contribution in [0.3, 0.4) is 0 Å². The van der Waals surface area contributed by atoms with Crippen LogP contribution in [-0.4, -0.2) is 42.5 Å². The normalized spacial score (nSPS) is 28.2. The van der Waals surface area contributed by atoms with Crippen molar-refractivity contribution in [3.05, 3.63) is 23.8 Å². The van der Waals surface area contributed by atoms with Crippen molar-refractivity contribution in [2.45, 2.75) is 76.7 Å². The molecule has 1 amide bonds. The van der Waals surface area contributed by atoms with Gasteiger partial charge >= 0.3 is 0 Å². The summed E-state index contributed by atoms with van der Waals surface area (Å²) in [5.41, 5.74) is 1.95. The molecule has 0 bridgehead atoms. The lowest BCUT2D eigenvalue weighted by molar-refractivity contribution is -0.118. The lowest BCUT2D eigenvalue weighted by atomic mass is 9.79. The second-order valence-corrected chi connectivity index (χ2v) is 9.69.